The summed E-state index contributed by atoms with van der Waals surface area (Å²) < 4.78 is 5.90. The van der Waals surface area contributed by atoms with Crippen molar-refractivity contribution in [2.45, 2.75) is 31.6 Å². The number of nitrogens with zero attached hydrogens (tertiary/aromatic N) is 3. The molecule has 0 radical (unpaired) electrons. The summed E-state index contributed by atoms with van der Waals surface area (Å²) in [4.78, 5) is 31.7. The summed E-state index contributed by atoms with van der Waals surface area (Å²) in [5.74, 6) is 0.950. The highest BCUT2D eigenvalue weighted by Gasteiger charge is 2.28. The van der Waals surface area contributed by atoms with Crippen molar-refractivity contribution in [2.24, 2.45) is 0 Å². The van der Waals surface area contributed by atoms with Gasteiger partial charge in [0.1, 0.15) is 5.52 Å². The summed E-state index contributed by atoms with van der Waals surface area (Å²) in [5.41, 5.74) is 6.79. The standard InChI is InChI=1S/C25H26N4O3/c30-23(10-11-24(31)29-17-14-20(27-29)18-6-2-1-3-7-18)28-15-12-19(13-16-28)25-26-21-8-4-5-9-22(21)32-25/h1-9,14,19,27H,10-13,15-17H2. The van der Waals surface area contributed by atoms with Gasteiger partial charge < -0.3 is 9.32 Å². The Morgan fingerprint density at radius 1 is 0.969 bits per heavy atom. The zero-order valence-corrected chi connectivity index (χ0v) is 17.9. The molecule has 7 heteroatoms. The number of hydrogen-bond donors (Lipinski definition) is 1. The van der Waals surface area contributed by atoms with Gasteiger partial charge in [0, 0.05) is 31.8 Å². The molecular weight excluding hydrogens is 404 g/mol. The summed E-state index contributed by atoms with van der Waals surface area (Å²) in [6.45, 7) is 1.84. The molecule has 0 aliphatic carbocycles. The van der Waals surface area contributed by atoms with Crippen molar-refractivity contribution in [3.8, 4) is 0 Å². The molecule has 2 aliphatic heterocycles. The first-order valence-corrected chi connectivity index (χ1v) is 11.1. The van der Waals surface area contributed by atoms with Gasteiger partial charge in [-0.3, -0.25) is 20.0 Å². The van der Waals surface area contributed by atoms with Gasteiger partial charge in [-0.25, -0.2) is 4.98 Å². The average molecular weight is 431 g/mol. The highest BCUT2D eigenvalue weighted by molar-refractivity contribution is 5.85. The molecule has 0 atom stereocenters. The first-order chi connectivity index (χ1) is 15.7. The van der Waals surface area contributed by atoms with Crippen molar-refractivity contribution in [1.29, 1.82) is 0 Å². The number of fused-ring (bicyclic) bond motifs is 1. The molecule has 0 saturated carbocycles. The van der Waals surface area contributed by atoms with E-state index in [4.69, 9.17) is 4.42 Å². The Bertz CT molecular complexity index is 1110. The molecular formula is C25H26N4O3. The fraction of sp³-hybridized carbons (Fsp3) is 0.320. The van der Waals surface area contributed by atoms with Crippen LogP contribution in [0.4, 0.5) is 0 Å². The van der Waals surface area contributed by atoms with Crippen LogP contribution < -0.4 is 5.43 Å². The molecule has 32 heavy (non-hydrogen) atoms. The number of benzene rings is 2. The lowest BCUT2D eigenvalue weighted by Gasteiger charge is -2.30. The SMILES string of the molecule is O=C(CCC(=O)N1CC=C(c2ccccc2)N1)N1CCC(c2nc3ccccc3o2)CC1. The number of carbonyl (C=O) groups is 2. The van der Waals surface area contributed by atoms with E-state index >= 15 is 0 Å². The molecule has 3 aromatic rings. The third kappa shape index (κ3) is 4.23. The number of aromatic nitrogens is 1. The largest absolute Gasteiger partial charge is 0.440 e. The van der Waals surface area contributed by atoms with Crippen LogP contribution in [0, 0.1) is 0 Å². The molecule has 0 bridgehead atoms. The van der Waals surface area contributed by atoms with Crippen LogP contribution >= 0.6 is 0 Å². The van der Waals surface area contributed by atoms with Crippen LogP contribution in [0.3, 0.4) is 0 Å². The van der Waals surface area contributed by atoms with Gasteiger partial charge in [0.15, 0.2) is 11.5 Å². The van der Waals surface area contributed by atoms with E-state index < -0.39 is 0 Å². The number of rotatable bonds is 5. The lowest BCUT2D eigenvalue weighted by atomic mass is 9.96. The van der Waals surface area contributed by atoms with Crippen LogP contribution in [0.5, 0.6) is 0 Å². The van der Waals surface area contributed by atoms with E-state index in [1.54, 1.807) is 5.01 Å². The quantitative estimate of drug-likeness (QED) is 0.668. The summed E-state index contributed by atoms with van der Waals surface area (Å²) in [6, 6.07) is 17.7. The van der Waals surface area contributed by atoms with Crippen LogP contribution in [0.25, 0.3) is 16.8 Å². The molecule has 0 unspecified atom stereocenters. The van der Waals surface area contributed by atoms with Crippen LogP contribution in [0.15, 0.2) is 65.1 Å². The van der Waals surface area contributed by atoms with E-state index in [2.05, 4.69) is 10.4 Å². The number of hydrazine groups is 1. The molecule has 2 aromatic carbocycles. The van der Waals surface area contributed by atoms with Crippen molar-refractivity contribution < 1.29 is 14.0 Å². The van der Waals surface area contributed by atoms with Crippen molar-refractivity contribution >= 4 is 28.6 Å². The molecule has 164 valence electrons. The lowest BCUT2D eigenvalue weighted by Crippen LogP contribution is -2.40. The first kappa shape index (κ1) is 20.3. The zero-order chi connectivity index (χ0) is 21.9. The van der Waals surface area contributed by atoms with Gasteiger partial charge in [0.2, 0.25) is 11.8 Å². The topological polar surface area (TPSA) is 78.7 Å². The lowest BCUT2D eigenvalue weighted by molar-refractivity contribution is -0.138. The second kappa shape index (κ2) is 8.86. The van der Waals surface area contributed by atoms with E-state index in [-0.39, 0.29) is 30.6 Å². The van der Waals surface area contributed by atoms with Crippen LogP contribution in [0.1, 0.15) is 43.1 Å². The second-order valence-electron chi connectivity index (χ2n) is 8.27. The van der Waals surface area contributed by atoms with Gasteiger partial charge >= 0.3 is 0 Å². The molecule has 1 aromatic heterocycles. The Labute approximate surface area is 186 Å². The highest BCUT2D eigenvalue weighted by Crippen LogP contribution is 2.30. The maximum absolute atomic E-state index is 12.7. The van der Waals surface area contributed by atoms with Crippen molar-refractivity contribution in [3.05, 3.63) is 72.1 Å². The maximum Gasteiger partial charge on any atom is 0.241 e. The Morgan fingerprint density at radius 3 is 2.47 bits per heavy atom. The highest BCUT2D eigenvalue weighted by atomic mass is 16.3. The molecule has 1 saturated heterocycles. The van der Waals surface area contributed by atoms with Crippen LogP contribution in [0.2, 0.25) is 0 Å². The van der Waals surface area contributed by atoms with Crippen molar-refractivity contribution in [2.75, 3.05) is 19.6 Å². The Kier molecular flexibility index (Phi) is 5.62. The number of nitrogens with one attached hydrogen (secondary N) is 1. The van der Waals surface area contributed by atoms with Gasteiger partial charge in [0.05, 0.1) is 12.2 Å². The number of amides is 2. The second-order valence-corrected chi connectivity index (χ2v) is 8.27. The Morgan fingerprint density at radius 2 is 1.69 bits per heavy atom. The minimum Gasteiger partial charge on any atom is -0.440 e. The normalized spacial score (nSPS) is 16.8. The third-order valence-electron chi connectivity index (χ3n) is 6.18. The van der Waals surface area contributed by atoms with E-state index in [0.29, 0.717) is 19.6 Å². The number of hydrogen-bond acceptors (Lipinski definition) is 5. The van der Waals surface area contributed by atoms with Gasteiger partial charge in [0.25, 0.3) is 0 Å². The predicted octanol–water partition coefficient (Wildman–Crippen LogP) is 3.70. The van der Waals surface area contributed by atoms with Crippen LogP contribution in [-0.2, 0) is 9.59 Å². The summed E-state index contributed by atoms with van der Waals surface area (Å²) in [6.07, 6.45) is 4.07. The summed E-state index contributed by atoms with van der Waals surface area (Å²) >= 11 is 0. The molecule has 0 spiro atoms. The molecule has 5 rings (SSSR count). The fourth-order valence-corrected chi connectivity index (χ4v) is 4.33. The van der Waals surface area contributed by atoms with E-state index in [1.807, 2.05) is 65.6 Å². The summed E-state index contributed by atoms with van der Waals surface area (Å²) in [5, 5.41) is 1.58. The Balaban J connectivity index is 1.08. The van der Waals surface area contributed by atoms with E-state index in [9.17, 15) is 9.59 Å². The number of carbonyl (C=O) groups excluding carboxylic acids is 2. The maximum atomic E-state index is 12.7. The molecule has 7 nitrogen and oxygen atoms in total. The number of oxazole rings is 1. The van der Waals surface area contributed by atoms with Gasteiger partial charge in [-0.15, -0.1) is 0 Å². The van der Waals surface area contributed by atoms with E-state index in [1.165, 1.54) is 0 Å². The smallest absolute Gasteiger partial charge is 0.241 e. The summed E-state index contributed by atoms with van der Waals surface area (Å²) in [7, 11) is 0. The molecule has 1 N–H and O–H groups in total. The number of likely N-dealkylation sites (tertiary alicyclic amines) is 1. The van der Waals surface area contributed by atoms with Gasteiger partial charge in [-0.2, -0.15) is 0 Å². The monoisotopic (exact) mass is 430 g/mol. The average Bonchev–Trinajstić information content (AvgIpc) is 3.51. The number of piperidine rings is 1. The van der Waals surface area contributed by atoms with E-state index in [0.717, 1.165) is 41.1 Å². The van der Waals surface area contributed by atoms with Gasteiger partial charge in [-0.1, -0.05) is 42.5 Å². The van der Waals surface area contributed by atoms with Gasteiger partial charge in [-0.05, 0) is 36.6 Å². The Hall–Kier alpha value is -3.61. The molecule has 2 aliphatic rings. The number of para-hydroxylation sites is 2. The molecule has 2 amide bonds. The minimum absolute atomic E-state index is 0.0322. The van der Waals surface area contributed by atoms with Crippen LogP contribution in [-0.4, -0.2) is 46.3 Å². The molecule has 1 fully saturated rings. The molecule has 3 heterocycles. The fourth-order valence-electron chi connectivity index (χ4n) is 4.33. The third-order valence-corrected chi connectivity index (χ3v) is 6.18. The van der Waals surface area contributed by atoms with Crippen molar-refractivity contribution in [1.82, 2.24) is 20.3 Å². The zero-order valence-electron chi connectivity index (χ0n) is 17.9. The van der Waals surface area contributed by atoms with Crippen molar-refractivity contribution in [3.63, 3.8) is 0 Å². The minimum atomic E-state index is -0.0677. The first-order valence-electron chi connectivity index (χ1n) is 11.1. The predicted molar refractivity (Wildman–Crippen MR) is 121 cm³/mol.